The minimum atomic E-state index is -0.320. The van der Waals surface area contributed by atoms with Crippen molar-refractivity contribution < 1.29 is 4.74 Å². The minimum absolute atomic E-state index is 0.320. The highest BCUT2D eigenvalue weighted by Gasteiger charge is 2.43. The number of nitrogens with one attached hydrogen (secondary N) is 1. The molecule has 0 unspecified atom stereocenters. The quantitative estimate of drug-likeness (QED) is 0.742. The van der Waals surface area contributed by atoms with Crippen molar-refractivity contribution in [3.05, 3.63) is 36.0 Å². The summed E-state index contributed by atoms with van der Waals surface area (Å²) < 4.78 is 6.35. The standard InChI is InChI=1S/C19H23N7O/c1-25(2)18-21-11-13-4-10-27-19(16(13)24-18)5-8-26(9-6-19)17-15-14(3-7-20-15)22-12-23-17/h3,7,11-12,20H,4-6,8-10H2,1-2H3. The van der Waals surface area contributed by atoms with Crippen LogP contribution in [0.25, 0.3) is 11.0 Å². The van der Waals surface area contributed by atoms with E-state index < -0.39 is 0 Å². The van der Waals surface area contributed by atoms with E-state index in [1.54, 1.807) is 6.33 Å². The molecule has 0 aromatic carbocycles. The number of ether oxygens (including phenoxy) is 1. The second-order valence-electron chi connectivity index (χ2n) is 7.45. The van der Waals surface area contributed by atoms with Crippen molar-refractivity contribution in [3.63, 3.8) is 0 Å². The molecule has 8 heteroatoms. The number of nitrogens with zero attached hydrogens (tertiary/aromatic N) is 6. The van der Waals surface area contributed by atoms with Gasteiger partial charge in [-0.25, -0.2) is 19.9 Å². The minimum Gasteiger partial charge on any atom is -0.368 e. The number of hydrogen-bond donors (Lipinski definition) is 1. The molecule has 5 rings (SSSR count). The molecule has 0 radical (unpaired) electrons. The Hall–Kier alpha value is -2.74. The fourth-order valence-electron chi connectivity index (χ4n) is 4.17. The summed E-state index contributed by atoms with van der Waals surface area (Å²) in [6, 6.07) is 1.98. The SMILES string of the molecule is CN(C)c1ncc2c(n1)C1(CCN(c3ncnc4cc[nH]c34)CC1)OCC2. The highest BCUT2D eigenvalue weighted by atomic mass is 16.5. The molecule has 27 heavy (non-hydrogen) atoms. The number of piperidine rings is 1. The van der Waals surface area contributed by atoms with Crippen molar-refractivity contribution >= 4 is 22.8 Å². The van der Waals surface area contributed by atoms with E-state index >= 15 is 0 Å². The summed E-state index contributed by atoms with van der Waals surface area (Å²) >= 11 is 0. The zero-order valence-electron chi connectivity index (χ0n) is 15.6. The van der Waals surface area contributed by atoms with Crippen molar-refractivity contribution in [3.8, 4) is 0 Å². The van der Waals surface area contributed by atoms with E-state index in [-0.39, 0.29) is 5.60 Å². The molecule has 0 saturated carbocycles. The molecule has 3 aromatic rings. The molecule has 0 atom stereocenters. The van der Waals surface area contributed by atoms with Crippen LogP contribution in [0, 0.1) is 0 Å². The lowest BCUT2D eigenvalue weighted by molar-refractivity contribution is -0.0801. The Labute approximate surface area is 157 Å². The van der Waals surface area contributed by atoms with E-state index in [0.29, 0.717) is 0 Å². The third kappa shape index (κ3) is 2.63. The van der Waals surface area contributed by atoms with Crippen LogP contribution < -0.4 is 9.80 Å². The summed E-state index contributed by atoms with van der Waals surface area (Å²) in [5.41, 5.74) is 3.91. The van der Waals surface area contributed by atoms with Crippen molar-refractivity contribution in [2.24, 2.45) is 0 Å². The van der Waals surface area contributed by atoms with Crippen LogP contribution >= 0.6 is 0 Å². The Balaban J connectivity index is 1.45. The van der Waals surface area contributed by atoms with Gasteiger partial charge in [-0.3, -0.25) is 0 Å². The topological polar surface area (TPSA) is 83.1 Å². The van der Waals surface area contributed by atoms with Crippen LogP contribution in [0.2, 0.25) is 0 Å². The summed E-state index contributed by atoms with van der Waals surface area (Å²) in [6.45, 7) is 2.46. The largest absolute Gasteiger partial charge is 0.368 e. The molecule has 3 aromatic heterocycles. The Bertz CT molecular complexity index is 975. The number of rotatable bonds is 2. The average molecular weight is 365 g/mol. The average Bonchev–Trinajstić information content (AvgIpc) is 3.18. The van der Waals surface area contributed by atoms with E-state index in [4.69, 9.17) is 9.72 Å². The van der Waals surface area contributed by atoms with Crippen molar-refractivity contribution in [1.82, 2.24) is 24.9 Å². The van der Waals surface area contributed by atoms with Gasteiger partial charge >= 0.3 is 0 Å². The van der Waals surface area contributed by atoms with Crippen molar-refractivity contribution in [1.29, 1.82) is 0 Å². The molecule has 1 saturated heterocycles. The highest BCUT2D eigenvalue weighted by Crippen LogP contribution is 2.41. The molecular weight excluding hydrogens is 342 g/mol. The highest BCUT2D eigenvalue weighted by molar-refractivity contribution is 5.85. The van der Waals surface area contributed by atoms with Crippen LogP contribution in [0.1, 0.15) is 24.1 Å². The third-order valence-corrected chi connectivity index (χ3v) is 5.63. The second kappa shape index (κ2) is 6.16. The first kappa shape index (κ1) is 16.4. The van der Waals surface area contributed by atoms with Crippen LogP contribution in [-0.2, 0) is 16.8 Å². The van der Waals surface area contributed by atoms with Gasteiger partial charge in [0.05, 0.1) is 17.8 Å². The van der Waals surface area contributed by atoms with Gasteiger partial charge in [0.1, 0.15) is 17.4 Å². The fourth-order valence-corrected chi connectivity index (χ4v) is 4.17. The van der Waals surface area contributed by atoms with Gasteiger partial charge in [-0.1, -0.05) is 0 Å². The summed E-state index contributed by atoms with van der Waals surface area (Å²) in [5.74, 6) is 1.71. The second-order valence-corrected chi connectivity index (χ2v) is 7.45. The van der Waals surface area contributed by atoms with Crippen molar-refractivity contribution in [2.45, 2.75) is 24.9 Å². The lowest BCUT2D eigenvalue weighted by atomic mass is 9.83. The molecule has 1 spiro atoms. The van der Waals surface area contributed by atoms with Crippen LogP contribution in [0.5, 0.6) is 0 Å². The molecule has 0 amide bonds. The number of H-pyrrole nitrogens is 1. The Kier molecular flexibility index (Phi) is 3.75. The summed E-state index contributed by atoms with van der Waals surface area (Å²) in [5, 5.41) is 0. The summed E-state index contributed by atoms with van der Waals surface area (Å²) in [4.78, 5) is 25.7. The molecular formula is C19H23N7O. The maximum Gasteiger partial charge on any atom is 0.225 e. The van der Waals surface area contributed by atoms with Gasteiger partial charge in [0.2, 0.25) is 5.95 Å². The molecule has 1 N–H and O–H groups in total. The van der Waals surface area contributed by atoms with E-state index in [2.05, 4.69) is 24.8 Å². The third-order valence-electron chi connectivity index (χ3n) is 5.63. The lowest BCUT2D eigenvalue weighted by Crippen LogP contribution is -2.47. The van der Waals surface area contributed by atoms with E-state index in [1.165, 1.54) is 5.56 Å². The number of aromatic amines is 1. The predicted octanol–water partition coefficient (Wildman–Crippen LogP) is 1.88. The predicted molar refractivity (Wildman–Crippen MR) is 103 cm³/mol. The normalized spacial score (nSPS) is 18.7. The Morgan fingerprint density at radius 1 is 1.19 bits per heavy atom. The molecule has 5 heterocycles. The van der Waals surface area contributed by atoms with E-state index in [1.807, 2.05) is 37.5 Å². The Morgan fingerprint density at radius 3 is 2.85 bits per heavy atom. The number of hydrogen-bond acceptors (Lipinski definition) is 7. The summed E-state index contributed by atoms with van der Waals surface area (Å²) in [6.07, 6.45) is 8.17. The smallest absolute Gasteiger partial charge is 0.225 e. The van der Waals surface area contributed by atoms with Crippen LogP contribution in [0.15, 0.2) is 24.8 Å². The molecule has 1 fully saturated rings. The molecule has 2 aliphatic rings. The first-order chi connectivity index (χ1) is 13.2. The van der Waals surface area contributed by atoms with Gasteiger partial charge in [-0.2, -0.15) is 0 Å². The van der Waals surface area contributed by atoms with Gasteiger partial charge in [-0.05, 0) is 30.9 Å². The van der Waals surface area contributed by atoms with Gasteiger partial charge in [0.25, 0.3) is 0 Å². The number of fused-ring (bicyclic) bond motifs is 3. The van der Waals surface area contributed by atoms with Gasteiger partial charge in [-0.15, -0.1) is 0 Å². The molecule has 0 bridgehead atoms. The maximum atomic E-state index is 6.35. The first-order valence-corrected chi connectivity index (χ1v) is 9.37. The number of aromatic nitrogens is 5. The van der Waals surface area contributed by atoms with Crippen LogP contribution in [-0.4, -0.2) is 58.7 Å². The fraction of sp³-hybridized carbons (Fsp3) is 0.474. The first-order valence-electron chi connectivity index (χ1n) is 9.37. The maximum absolute atomic E-state index is 6.35. The van der Waals surface area contributed by atoms with Gasteiger partial charge in [0, 0.05) is 39.6 Å². The molecule has 2 aliphatic heterocycles. The Morgan fingerprint density at radius 2 is 2.04 bits per heavy atom. The lowest BCUT2D eigenvalue weighted by Gasteiger charge is -2.44. The molecule has 0 aliphatic carbocycles. The zero-order chi connectivity index (χ0) is 18.4. The molecule has 8 nitrogen and oxygen atoms in total. The van der Waals surface area contributed by atoms with E-state index in [9.17, 15) is 0 Å². The van der Waals surface area contributed by atoms with Gasteiger partial charge < -0.3 is 19.5 Å². The zero-order valence-corrected chi connectivity index (χ0v) is 15.6. The van der Waals surface area contributed by atoms with Crippen molar-refractivity contribution in [2.75, 3.05) is 43.6 Å². The van der Waals surface area contributed by atoms with Crippen LogP contribution in [0.4, 0.5) is 11.8 Å². The number of anilines is 2. The monoisotopic (exact) mass is 365 g/mol. The van der Waals surface area contributed by atoms with Gasteiger partial charge in [0.15, 0.2) is 5.82 Å². The molecule has 140 valence electrons. The van der Waals surface area contributed by atoms with Crippen LogP contribution in [0.3, 0.4) is 0 Å². The van der Waals surface area contributed by atoms with E-state index in [0.717, 1.165) is 67.5 Å². The summed E-state index contributed by atoms with van der Waals surface area (Å²) in [7, 11) is 3.94.